The van der Waals surface area contributed by atoms with E-state index in [1.54, 1.807) is 12.1 Å². The van der Waals surface area contributed by atoms with Crippen LogP contribution >= 0.6 is 0 Å². The zero-order valence-corrected chi connectivity index (χ0v) is 17.4. The normalized spacial score (nSPS) is 12.4. The summed E-state index contributed by atoms with van der Waals surface area (Å²) in [6.45, 7) is 16.3. The molecule has 0 bridgehead atoms. The van der Waals surface area contributed by atoms with Crippen molar-refractivity contribution in [1.29, 1.82) is 0 Å². The van der Waals surface area contributed by atoms with E-state index in [2.05, 4.69) is 47.7 Å². The van der Waals surface area contributed by atoms with Crippen LogP contribution < -0.4 is 4.74 Å². The summed E-state index contributed by atoms with van der Waals surface area (Å²) in [6, 6.07) is 5.47. The van der Waals surface area contributed by atoms with Crippen LogP contribution in [0.25, 0.3) is 0 Å². The summed E-state index contributed by atoms with van der Waals surface area (Å²) in [5.41, 5.74) is 1.58. The van der Waals surface area contributed by atoms with Crippen molar-refractivity contribution >= 4 is 14.3 Å². The molecule has 136 valence electrons. The molecular formula is C19H32O4Si. The van der Waals surface area contributed by atoms with E-state index in [4.69, 9.17) is 13.9 Å². The molecule has 0 aliphatic heterocycles. The number of esters is 1. The highest BCUT2D eigenvalue weighted by molar-refractivity contribution is 6.74. The Morgan fingerprint density at radius 3 is 2.29 bits per heavy atom. The van der Waals surface area contributed by atoms with Gasteiger partial charge in [0.15, 0.2) is 8.32 Å². The van der Waals surface area contributed by atoms with E-state index in [0.717, 1.165) is 11.3 Å². The molecule has 0 amide bonds. The van der Waals surface area contributed by atoms with E-state index < -0.39 is 8.32 Å². The zero-order valence-electron chi connectivity index (χ0n) is 16.4. The maximum atomic E-state index is 11.7. The number of methoxy groups -OCH3 is 1. The average molecular weight is 353 g/mol. The van der Waals surface area contributed by atoms with Gasteiger partial charge in [-0.2, -0.15) is 0 Å². The number of hydrogen-bond acceptors (Lipinski definition) is 4. The Hall–Kier alpha value is -1.33. The Balaban J connectivity index is 2.77. The van der Waals surface area contributed by atoms with E-state index in [1.807, 2.05) is 6.07 Å². The quantitative estimate of drug-likeness (QED) is 0.394. The van der Waals surface area contributed by atoms with Crippen LogP contribution in [0.15, 0.2) is 18.2 Å². The fourth-order valence-electron chi connectivity index (χ4n) is 2.05. The fourth-order valence-corrected chi connectivity index (χ4v) is 3.07. The second kappa shape index (κ2) is 8.16. The zero-order chi connectivity index (χ0) is 18.5. The molecule has 4 nitrogen and oxygen atoms in total. The maximum Gasteiger partial charge on any atom is 0.337 e. The van der Waals surface area contributed by atoms with Gasteiger partial charge in [0, 0.05) is 0 Å². The van der Waals surface area contributed by atoms with E-state index in [9.17, 15) is 4.79 Å². The molecule has 24 heavy (non-hydrogen) atoms. The van der Waals surface area contributed by atoms with Crippen molar-refractivity contribution in [3.8, 4) is 5.75 Å². The van der Waals surface area contributed by atoms with Gasteiger partial charge < -0.3 is 13.9 Å². The lowest BCUT2D eigenvalue weighted by molar-refractivity contribution is 0.0600. The third-order valence-electron chi connectivity index (χ3n) is 4.67. The Kier molecular flexibility index (Phi) is 7.05. The van der Waals surface area contributed by atoms with Gasteiger partial charge in [-0.3, -0.25) is 0 Å². The van der Waals surface area contributed by atoms with Crippen LogP contribution in [0.3, 0.4) is 0 Å². The molecule has 0 radical (unpaired) electrons. The Labute approximate surface area is 147 Å². The minimum Gasteiger partial charge on any atom is -0.491 e. The molecule has 1 rings (SSSR count). The number of carbonyl (C=O) groups is 1. The molecule has 0 saturated carbocycles. The van der Waals surface area contributed by atoms with Crippen LogP contribution in [0.1, 0.15) is 56.5 Å². The SMILES string of the molecule is COC(=O)c1ccc(C(C)C)c(OCCO[Si](C)(C)C(C)(C)C)c1. The lowest BCUT2D eigenvalue weighted by atomic mass is 10.0. The first-order valence-corrected chi connectivity index (χ1v) is 11.4. The van der Waals surface area contributed by atoms with Gasteiger partial charge >= 0.3 is 5.97 Å². The van der Waals surface area contributed by atoms with E-state index in [-0.39, 0.29) is 11.0 Å². The van der Waals surface area contributed by atoms with Crippen LogP contribution in [0.2, 0.25) is 18.1 Å². The Morgan fingerprint density at radius 1 is 1.17 bits per heavy atom. The van der Waals surface area contributed by atoms with Crippen LogP contribution in [-0.2, 0) is 9.16 Å². The number of benzene rings is 1. The number of ether oxygens (including phenoxy) is 2. The summed E-state index contributed by atoms with van der Waals surface area (Å²) in [5.74, 6) is 0.687. The van der Waals surface area contributed by atoms with Crippen LogP contribution in [0, 0.1) is 0 Å². The molecular weight excluding hydrogens is 320 g/mol. The summed E-state index contributed by atoms with van der Waals surface area (Å²) in [5, 5.41) is 0.181. The molecule has 0 saturated heterocycles. The van der Waals surface area contributed by atoms with Crippen molar-refractivity contribution in [1.82, 2.24) is 0 Å². The number of carbonyl (C=O) groups excluding carboxylic acids is 1. The summed E-state index contributed by atoms with van der Waals surface area (Å²) in [7, 11) is -0.386. The van der Waals surface area contributed by atoms with Crippen molar-refractivity contribution in [2.24, 2.45) is 0 Å². The van der Waals surface area contributed by atoms with E-state index in [0.29, 0.717) is 24.7 Å². The maximum absolute atomic E-state index is 11.7. The lowest BCUT2D eigenvalue weighted by Gasteiger charge is -2.36. The minimum atomic E-state index is -1.77. The van der Waals surface area contributed by atoms with Crippen molar-refractivity contribution in [2.45, 2.75) is 58.7 Å². The van der Waals surface area contributed by atoms with Crippen molar-refractivity contribution < 1.29 is 18.7 Å². The first-order valence-electron chi connectivity index (χ1n) is 8.48. The van der Waals surface area contributed by atoms with Gasteiger partial charge in [0.2, 0.25) is 0 Å². The molecule has 0 atom stereocenters. The van der Waals surface area contributed by atoms with Gasteiger partial charge in [-0.25, -0.2) is 4.79 Å². The average Bonchev–Trinajstić information content (AvgIpc) is 2.49. The second-order valence-electron chi connectivity index (χ2n) is 7.86. The summed E-state index contributed by atoms with van der Waals surface area (Å²) in [6.07, 6.45) is 0. The third kappa shape index (κ3) is 5.35. The lowest BCUT2D eigenvalue weighted by Crippen LogP contribution is -2.41. The molecule has 0 fully saturated rings. The minimum absolute atomic E-state index is 0.181. The van der Waals surface area contributed by atoms with Gasteiger partial charge in [0.25, 0.3) is 0 Å². The highest BCUT2D eigenvalue weighted by atomic mass is 28.4. The number of rotatable bonds is 7. The highest BCUT2D eigenvalue weighted by Gasteiger charge is 2.36. The van der Waals surface area contributed by atoms with Crippen LogP contribution in [-0.4, -0.2) is 34.6 Å². The molecule has 0 N–H and O–H groups in total. The van der Waals surface area contributed by atoms with Gasteiger partial charge in [0.1, 0.15) is 12.4 Å². The molecule has 1 aromatic carbocycles. The highest BCUT2D eigenvalue weighted by Crippen LogP contribution is 2.36. The summed E-state index contributed by atoms with van der Waals surface area (Å²) >= 11 is 0. The standard InChI is InChI=1S/C19H32O4Si/c1-14(2)16-10-9-15(18(20)21-6)13-17(16)22-11-12-23-24(7,8)19(3,4)5/h9-10,13-14H,11-12H2,1-8H3. The van der Waals surface area contributed by atoms with E-state index >= 15 is 0 Å². The number of hydrogen-bond donors (Lipinski definition) is 0. The summed E-state index contributed by atoms with van der Waals surface area (Å²) < 4.78 is 16.9. The van der Waals surface area contributed by atoms with Crippen LogP contribution in [0.5, 0.6) is 5.75 Å². The molecule has 0 spiro atoms. The largest absolute Gasteiger partial charge is 0.491 e. The van der Waals surface area contributed by atoms with Gasteiger partial charge in [-0.15, -0.1) is 0 Å². The first kappa shape index (κ1) is 20.7. The molecule has 0 heterocycles. The summed E-state index contributed by atoms with van der Waals surface area (Å²) in [4.78, 5) is 11.7. The molecule has 5 heteroatoms. The molecule has 0 aromatic heterocycles. The second-order valence-corrected chi connectivity index (χ2v) is 12.7. The smallest absolute Gasteiger partial charge is 0.337 e. The fraction of sp³-hybridized carbons (Fsp3) is 0.632. The topological polar surface area (TPSA) is 44.8 Å². The Morgan fingerprint density at radius 2 is 1.79 bits per heavy atom. The van der Waals surface area contributed by atoms with Gasteiger partial charge in [0.05, 0.1) is 19.3 Å². The Bertz CT molecular complexity index is 559. The third-order valence-corrected chi connectivity index (χ3v) is 9.20. The van der Waals surface area contributed by atoms with Crippen molar-refractivity contribution in [3.63, 3.8) is 0 Å². The predicted molar refractivity (Wildman–Crippen MR) is 101 cm³/mol. The molecule has 0 aliphatic rings. The van der Waals surface area contributed by atoms with Crippen LogP contribution in [0.4, 0.5) is 0 Å². The monoisotopic (exact) mass is 352 g/mol. The van der Waals surface area contributed by atoms with E-state index in [1.165, 1.54) is 7.11 Å². The predicted octanol–water partition coefficient (Wildman–Crippen LogP) is 5.00. The van der Waals surface area contributed by atoms with Crippen molar-refractivity contribution in [2.75, 3.05) is 20.3 Å². The van der Waals surface area contributed by atoms with Gasteiger partial charge in [-0.1, -0.05) is 40.7 Å². The molecule has 1 aromatic rings. The molecule has 0 aliphatic carbocycles. The van der Waals surface area contributed by atoms with Crippen molar-refractivity contribution in [3.05, 3.63) is 29.3 Å². The van der Waals surface area contributed by atoms with Gasteiger partial charge in [-0.05, 0) is 41.7 Å². The molecule has 0 unspecified atom stereocenters. The first-order chi connectivity index (χ1) is 11.0.